The van der Waals surface area contributed by atoms with Gasteiger partial charge in [0.15, 0.2) is 0 Å². The summed E-state index contributed by atoms with van der Waals surface area (Å²) in [6.07, 6.45) is 1.35. The summed E-state index contributed by atoms with van der Waals surface area (Å²) in [5.74, 6) is 1.50. The molecule has 0 bridgehead atoms. The Morgan fingerprint density at radius 3 is 2.63 bits per heavy atom. The van der Waals surface area contributed by atoms with Crippen LogP contribution in [0.2, 0.25) is 0 Å². The summed E-state index contributed by atoms with van der Waals surface area (Å²) in [5, 5.41) is 3.69. The Kier molecular flexibility index (Phi) is 3.64. The van der Waals surface area contributed by atoms with Crippen LogP contribution in [0.25, 0.3) is 0 Å². The summed E-state index contributed by atoms with van der Waals surface area (Å²) < 4.78 is 0. The van der Waals surface area contributed by atoms with Crippen molar-refractivity contribution >= 4 is 0 Å². The van der Waals surface area contributed by atoms with Gasteiger partial charge in [-0.25, -0.2) is 0 Å². The molecule has 0 aromatic heterocycles. The van der Waals surface area contributed by atoms with Crippen LogP contribution in [0.3, 0.4) is 0 Å². The van der Waals surface area contributed by atoms with Gasteiger partial charge in [0.1, 0.15) is 0 Å². The minimum Gasteiger partial charge on any atom is -0.311 e. The van der Waals surface area contributed by atoms with Gasteiger partial charge in [0.25, 0.3) is 0 Å². The third-order valence-corrected chi connectivity index (χ3v) is 4.86. The molecule has 104 valence electrons. The van der Waals surface area contributed by atoms with Crippen LogP contribution in [0.1, 0.15) is 38.7 Å². The Bertz CT molecular complexity index is 415. The molecule has 1 N–H and O–H groups in total. The van der Waals surface area contributed by atoms with E-state index in [0.29, 0.717) is 12.1 Å². The number of benzene rings is 1. The highest BCUT2D eigenvalue weighted by Gasteiger charge is 2.45. The SMILES string of the molecule is CC(C)C1CN(C2CC2c2ccccc2)C(C)CN1. The Balaban J connectivity index is 1.66. The van der Waals surface area contributed by atoms with Gasteiger partial charge < -0.3 is 5.32 Å². The summed E-state index contributed by atoms with van der Waals surface area (Å²) in [6, 6.07) is 13.1. The quantitative estimate of drug-likeness (QED) is 0.897. The molecule has 4 atom stereocenters. The molecule has 2 nitrogen and oxygen atoms in total. The van der Waals surface area contributed by atoms with E-state index in [1.54, 1.807) is 0 Å². The van der Waals surface area contributed by atoms with E-state index in [1.807, 2.05) is 0 Å². The van der Waals surface area contributed by atoms with Crippen molar-refractivity contribution in [1.82, 2.24) is 10.2 Å². The number of piperazine rings is 1. The highest BCUT2D eigenvalue weighted by atomic mass is 15.3. The summed E-state index contributed by atoms with van der Waals surface area (Å²) in [6.45, 7) is 9.37. The van der Waals surface area contributed by atoms with Crippen LogP contribution in [0.15, 0.2) is 30.3 Å². The molecule has 1 aliphatic heterocycles. The van der Waals surface area contributed by atoms with E-state index in [9.17, 15) is 0 Å². The molecule has 2 heteroatoms. The standard InChI is InChI=1S/C17H26N2/c1-12(2)16-11-19(13(3)10-18-16)17-9-15(17)14-7-5-4-6-8-14/h4-8,12-13,15-18H,9-11H2,1-3H3. The Morgan fingerprint density at radius 1 is 1.21 bits per heavy atom. The van der Waals surface area contributed by atoms with Gasteiger partial charge in [0, 0.05) is 37.1 Å². The van der Waals surface area contributed by atoms with E-state index in [-0.39, 0.29) is 0 Å². The molecule has 4 unspecified atom stereocenters. The number of hydrogen-bond acceptors (Lipinski definition) is 2. The van der Waals surface area contributed by atoms with Crippen molar-refractivity contribution < 1.29 is 0 Å². The number of nitrogens with zero attached hydrogens (tertiary/aromatic N) is 1. The maximum atomic E-state index is 3.69. The molecule has 3 rings (SSSR count). The summed E-state index contributed by atoms with van der Waals surface area (Å²) in [4.78, 5) is 2.75. The Morgan fingerprint density at radius 2 is 1.95 bits per heavy atom. The van der Waals surface area contributed by atoms with Gasteiger partial charge in [-0.3, -0.25) is 4.90 Å². The molecule has 2 aliphatic rings. The summed E-state index contributed by atoms with van der Waals surface area (Å²) in [7, 11) is 0. The van der Waals surface area contributed by atoms with Crippen LogP contribution in [-0.4, -0.2) is 36.1 Å². The van der Waals surface area contributed by atoms with Crippen LogP contribution in [0, 0.1) is 5.92 Å². The van der Waals surface area contributed by atoms with Crippen molar-refractivity contribution in [2.45, 2.75) is 51.2 Å². The van der Waals surface area contributed by atoms with E-state index in [4.69, 9.17) is 0 Å². The molecule has 1 heterocycles. The zero-order valence-electron chi connectivity index (χ0n) is 12.3. The van der Waals surface area contributed by atoms with Crippen molar-refractivity contribution in [2.75, 3.05) is 13.1 Å². The fourth-order valence-electron chi connectivity index (χ4n) is 3.43. The van der Waals surface area contributed by atoms with Crippen molar-refractivity contribution in [3.8, 4) is 0 Å². The summed E-state index contributed by atoms with van der Waals surface area (Å²) in [5.41, 5.74) is 1.53. The first-order valence-electron chi connectivity index (χ1n) is 7.71. The molecule has 19 heavy (non-hydrogen) atoms. The van der Waals surface area contributed by atoms with Crippen molar-refractivity contribution in [3.63, 3.8) is 0 Å². The maximum absolute atomic E-state index is 3.69. The average molecular weight is 258 g/mol. The van der Waals surface area contributed by atoms with Crippen molar-refractivity contribution in [3.05, 3.63) is 35.9 Å². The zero-order valence-corrected chi connectivity index (χ0v) is 12.3. The minimum absolute atomic E-state index is 0.660. The van der Waals surface area contributed by atoms with E-state index >= 15 is 0 Å². The van der Waals surface area contributed by atoms with E-state index in [1.165, 1.54) is 18.5 Å². The monoisotopic (exact) mass is 258 g/mol. The van der Waals surface area contributed by atoms with Crippen LogP contribution < -0.4 is 5.32 Å². The van der Waals surface area contributed by atoms with Gasteiger partial charge in [-0.05, 0) is 24.8 Å². The minimum atomic E-state index is 0.660. The average Bonchev–Trinajstić information content (AvgIpc) is 3.20. The molecule has 0 amide bonds. The highest BCUT2D eigenvalue weighted by molar-refractivity contribution is 5.28. The van der Waals surface area contributed by atoms with E-state index in [2.05, 4.69) is 61.3 Å². The molecule has 0 radical (unpaired) electrons. The number of rotatable bonds is 3. The van der Waals surface area contributed by atoms with Gasteiger partial charge in [0.05, 0.1) is 0 Å². The smallest absolute Gasteiger partial charge is 0.0218 e. The molecule has 2 fully saturated rings. The predicted octanol–water partition coefficient (Wildman–Crippen LogP) is 2.86. The molecular weight excluding hydrogens is 232 g/mol. The first-order chi connectivity index (χ1) is 9.16. The van der Waals surface area contributed by atoms with Gasteiger partial charge in [-0.2, -0.15) is 0 Å². The molecule has 1 saturated carbocycles. The highest BCUT2D eigenvalue weighted by Crippen LogP contribution is 2.45. The second-order valence-electron chi connectivity index (χ2n) is 6.62. The predicted molar refractivity (Wildman–Crippen MR) is 80.4 cm³/mol. The first kappa shape index (κ1) is 13.1. The number of nitrogens with one attached hydrogen (secondary N) is 1. The Labute approximate surface area is 117 Å². The zero-order chi connectivity index (χ0) is 13.4. The maximum Gasteiger partial charge on any atom is 0.0218 e. The van der Waals surface area contributed by atoms with Gasteiger partial charge >= 0.3 is 0 Å². The topological polar surface area (TPSA) is 15.3 Å². The van der Waals surface area contributed by atoms with Gasteiger partial charge in [-0.15, -0.1) is 0 Å². The van der Waals surface area contributed by atoms with Crippen LogP contribution >= 0.6 is 0 Å². The molecule has 0 spiro atoms. The normalized spacial score (nSPS) is 35.6. The molecule has 1 aliphatic carbocycles. The largest absolute Gasteiger partial charge is 0.311 e. The molecule has 1 aromatic rings. The molecular formula is C17H26N2. The lowest BCUT2D eigenvalue weighted by molar-refractivity contribution is 0.113. The fraction of sp³-hybridized carbons (Fsp3) is 0.647. The lowest BCUT2D eigenvalue weighted by Crippen LogP contribution is -2.57. The van der Waals surface area contributed by atoms with Gasteiger partial charge in [-0.1, -0.05) is 44.2 Å². The third kappa shape index (κ3) is 2.70. The van der Waals surface area contributed by atoms with Crippen molar-refractivity contribution in [1.29, 1.82) is 0 Å². The van der Waals surface area contributed by atoms with Crippen LogP contribution in [-0.2, 0) is 0 Å². The van der Waals surface area contributed by atoms with Crippen LogP contribution in [0.5, 0.6) is 0 Å². The second kappa shape index (κ2) is 5.26. The van der Waals surface area contributed by atoms with Gasteiger partial charge in [0.2, 0.25) is 0 Å². The van der Waals surface area contributed by atoms with E-state index < -0.39 is 0 Å². The lowest BCUT2D eigenvalue weighted by atomic mass is 9.99. The van der Waals surface area contributed by atoms with E-state index in [0.717, 1.165) is 24.4 Å². The number of hydrogen-bond donors (Lipinski definition) is 1. The van der Waals surface area contributed by atoms with Crippen LogP contribution in [0.4, 0.5) is 0 Å². The molecule has 1 aromatic carbocycles. The second-order valence-corrected chi connectivity index (χ2v) is 6.62. The lowest BCUT2D eigenvalue weighted by Gasteiger charge is -2.41. The first-order valence-corrected chi connectivity index (χ1v) is 7.71. The van der Waals surface area contributed by atoms with Crippen molar-refractivity contribution in [2.24, 2.45) is 5.92 Å². The third-order valence-electron chi connectivity index (χ3n) is 4.86. The summed E-state index contributed by atoms with van der Waals surface area (Å²) >= 11 is 0. The molecule has 1 saturated heterocycles. The fourth-order valence-corrected chi connectivity index (χ4v) is 3.43. The Hall–Kier alpha value is -0.860.